The lowest BCUT2D eigenvalue weighted by atomic mass is 9.86. The number of benzene rings is 1. The molecule has 25 heavy (non-hydrogen) atoms. The van der Waals surface area contributed by atoms with Crippen LogP contribution in [-0.4, -0.2) is 44.9 Å². The second-order valence-electron chi connectivity index (χ2n) is 6.07. The topological polar surface area (TPSA) is 118 Å². The highest BCUT2D eigenvalue weighted by Gasteiger charge is 2.48. The van der Waals surface area contributed by atoms with Crippen LogP contribution < -0.4 is 16.0 Å². The van der Waals surface area contributed by atoms with Gasteiger partial charge in [0.15, 0.2) is 5.69 Å². The number of urea groups is 1. The SMILES string of the molecule is CC(C)[C@]1(CNC(=O)c2cnn(-c3ccccc3)n2)NC(=O)NC1=O. The highest BCUT2D eigenvalue weighted by Crippen LogP contribution is 2.20. The Morgan fingerprint density at radius 2 is 2.00 bits per heavy atom. The van der Waals surface area contributed by atoms with Crippen molar-refractivity contribution in [1.82, 2.24) is 30.9 Å². The van der Waals surface area contributed by atoms with Gasteiger partial charge in [-0.05, 0) is 18.1 Å². The predicted molar refractivity (Wildman–Crippen MR) is 87.9 cm³/mol. The van der Waals surface area contributed by atoms with Crippen LogP contribution in [0.1, 0.15) is 24.3 Å². The van der Waals surface area contributed by atoms with Gasteiger partial charge in [-0.1, -0.05) is 32.0 Å². The summed E-state index contributed by atoms with van der Waals surface area (Å²) in [5.41, 5.74) is -0.336. The summed E-state index contributed by atoms with van der Waals surface area (Å²) in [5.74, 6) is -1.14. The summed E-state index contributed by atoms with van der Waals surface area (Å²) in [7, 11) is 0. The van der Waals surface area contributed by atoms with E-state index < -0.39 is 23.4 Å². The fraction of sp³-hybridized carbons (Fsp3) is 0.312. The zero-order chi connectivity index (χ0) is 18.0. The van der Waals surface area contributed by atoms with E-state index in [0.29, 0.717) is 0 Å². The van der Waals surface area contributed by atoms with Gasteiger partial charge in [-0.25, -0.2) is 4.79 Å². The van der Waals surface area contributed by atoms with E-state index in [1.807, 2.05) is 30.3 Å². The maximum absolute atomic E-state index is 12.3. The van der Waals surface area contributed by atoms with E-state index in [-0.39, 0.29) is 18.2 Å². The molecule has 0 spiro atoms. The number of rotatable bonds is 5. The van der Waals surface area contributed by atoms with E-state index >= 15 is 0 Å². The summed E-state index contributed by atoms with van der Waals surface area (Å²) in [6, 6.07) is 8.61. The van der Waals surface area contributed by atoms with Crippen molar-refractivity contribution in [2.45, 2.75) is 19.4 Å². The first kappa shape index (κ1) is 16.6. The Morgan fingerprint density at radius 3 is 2.60 bits per heavy atom. The van der Waals surface area contributed by atoms with Gasteiger partial charge in [-0.2, -0.15) is 9.90 Å². The molecule has 0 unspecified atom stereocenters. The number of amides is 4. The maximum atomic E-state index is 12.3. The minimum atomic E-state index is -1.18. The molecular weight excluding hydrogens is 324 g/mol. The van der Waals surface area contributed by atoms with Crippen molar-refractivity contribution in [2.75, 3.05) is 6.54 Å². The molecule has 1 fully saturated rings. The fourth-order valence-corrected chi connectivity index (χ4v) is 2.60. The first-order valence-electron chi connectivity index (χ1n) is 7.82. The Hall–Kier alpha value is -3.23. The quantitative estimate of drug-likeness (QED) is 0.672. The maximum Gasteiger partial charge on any atom is 0.322 e. The summed E-state index contributed by atoms with van der Waals surface area (Å²) >= 11 is 0. The van der Waals surface area contributed by atoms with E-state index in [4.69, 9.17) is 0 Å². The summed E-state index contributed by atoms with van der Waals surface area (Å²) in [6.45, 7) is 3.55. The van der Waals surface area contributed by atoms with E-state index in [2.05, 4.69) is 26.1 Å². The Bertz CT molecular complexity index is 816. The molecule has 1 aromatic heterocycles. The number of nitrogens with zero attached hydrogens (tertiary/aromatic N) is 3. The smallest absolute Gasteiger partial charge is 0.322 e. The van der Waals surface area contributed by atoms with Crippen LogP contribution in [0.5, 0.6) is 0 Å². The standard InChI is InChI=1S/C16H18N6O3/c1-10(2)16(14(24)19-15(25)20-16)9-17-13(23)12-8-18-22(21-12)11-6-4-3-5-7-11/h3-8,10H,9H2,1-2H3,(H,17,23)(H2,19,20,24,25)/t16-/m0/s1. The Morgan fingerprint density at radius 1 is 1.28 bits per heavy atom. The van der Waals surface area contributed by atoms with Crippen molar-refractivity contribution >= 4 is 17.8 Å². The first-order valence-corrected chi connectivity index (χ1v) is 7.82. The van der Waals surface area contributed by atoms with Crippen molar-refractivity contribution in [3.8, 4) is 5.69 Å². The van der Waals surface area contributed by atoms with Crippen LogP contribution in [0.3, 0.4) is 0 Å². The molecule has 1 aliphatic heterocycles. The molecule has 4 amide bonds. The molecule has 1 atom stereocenters. The van der Waals surface area contributed by atoms with Crippen molar-refractivity contribution in [1.29, 1.82) is 0 Å². The monoisotopic (exact) mass is 342 g/mol. The number of carbonyl (C=O) groups excluding carboxylic acids is 3. The van der Waals surface area contributed by atoms with Crippen LogP contribution in [-0.2, 0) is 4.79 Å². The largest absolute Gasteiger partial charge is 0.348 e. The molecule has 2 aromatic rings. The zero-order valence-electron chi connectivity index (χ0n) is 13.8. The summed E-state index contributed by atoms with van der Waals surface area (Å²) < 4.78 is 0. The molecule has 0 aliphatic carbocycles. The van der Waals surface area contributed by atoms with Gasteiger partial charge in [0, 0.05) is 0 Å². The number of carbonyl (C=O) groups is 3. The molecule has 9 nitrogen and oxygen atoms in total. The van der Waals surface area contributed by atoms with Crippen molar-refractivity contribution in [3.05, 3.63) is 42.2 Å². The van der Waals surface area contributed by atoms with Crippen LogP contribution in [0.15, 0.2) is 36.5 Å². The number of nitrogens with one attached hydrogen (secondary N) is 3. The normalized spacial score (nSPS) is 19.6. The summed E-state index contributed by atoms with van der Waals surface area (Å²) in [6.07, 6.45) is 1.34. The molecule has 1 saturated heterocycles. The molecule has 130 valence electrons. The minimum absolute atomic E-state index is 0.0424. The molecule has 3 N–H and O–H groups in total. The Labute approximate surface area is 143 Å². The van der Waals surface area contributed by atoms with E-state index in [1.54, 1.807) is 13.8 Å². The molecule has 0 bridgehead atoms. The molecule has 1 aliphatic rings. The third-order valence-corrected chi connectivity index (χ3v) is 4.19. The fourth-order valence-electron chi connectivity index (χ4n) is 2.60. The molecule has 3 rings (SSSR count). The third-order valence-electron chi connectivity index (χ3n) is 4.19. The van der Waals surface area contributed by atoms with Gasteiger partial charge >= 0.3 is 6.03 Å². The highest BCUT2D eigenvalue weighted by atomic mass is 16.2. The van der Waals surface area contributed by atoms with Gasteiger partial charge in [0.1, 0.15) is 5.54 Å². The second kappa shape index (κ2) is 6.34. The zero-order valence-corrected chi connectivity index (χ0v) is 13.8. The van der Waals surface area contributed by atoms with Gasteiger partial charge in [-0.15, -0.1) is 5.10 Å². The van der Waals surface area contributed by atoms with Gasteiger partial charge in [0.2, 0.25) is 0 Å². The number of hydrogen-bond donors (Lipinski definition) is 3. The molecule has 0 saturated carbocycles. The van der Waals surface area contributed by atoms with Gasteiger partial charge in [0.05, 0.1) is 18.4 Å². The van der Waals surface area contributed by atoms with Crippen molar-refractivity contribution in [2.24, 2.45) is 5.92 Å². The molecule has 2 heterocycles. The van der Waals surface area contributed by atoms with Crippen LogP contribution in [0.2, 0.25) is 0 Å². The summed E-state index contributed by atoms with van der Waals surface area (Å²) in [4.78, 5) is 37.2. The van der Waals surface area contributed by atoms with E-state index in [1.165, 1.54) is 11.0 Å². The molecule has 9 heteroatoms. The van der Waals surface area contributed by atoms with Crippen molar-refractivity contribution in [3.63, 3.8) is 0 Å². The lowest BCUT2D eigenvalue weighted by Crippen LogP contribution is -2.58. The number of hydrogen-bond acceptors (Lipinski definition) is 5. The molecule has 0 radical (unpaired) electrons. The predicted octanol–water partition coefficient (Wildman–Crippen LogP) is 0.231. The lowest BCUT2D eigenvalue weighted by Gasteiger charge is -2.30. The minimum Gasteiger partial charge on any atom is -0.348 e. The summed E-state index contributed by atoms with van der Waals surface area (Å²) in [5, 5.41) is 15.6. The van der Waals surface area contributed by atoms with Crippen molar-refractivity contribution < 1.29 is 14.4 Å². The van der Waals surface area contributed by atoms with Crippen LogP contribution in [0, 0.1) is 5.92 Å². The second-order valence-corrected chi connectivity index (χ2v) is 6.07. The molecule has 1 aromatic carbocycles. The lowest BCUT2D eigenvalue weighted by molar-refractivity contribution is -0.125. The van der Waals surface area contributed by atoms with E-state index in [9.17, 15) is 14.4 Å². The van der Waals surface area contributed by atoms with E-state index in [0.717, 1.165) is 5.69 Å². The Balaban J connectivity index is 1.72. The third kappa shape index (κ3) is 3.08. The number of aromatic nitrogens is 3. The van der Waals surface area contributed by atoms with Gasteiger partial charge < -0.3 is 10.6 Å². The van der Waals surface area contributed by atoms with Crippen LogP contribution >= 0.6 is 0 Å². The highest BCUT2D eigenvalue weighted by molar-refractivity contribution is 6.07. The molecular formula is C16H18N6O3. The average molecular weight is 342 g/mol. The van der Waals surface area contributed by atoms with Crippen LogP contribution in [0.4, 0.5) is 4.79 Å². The number of para-hydroxylation sites is 1. The Kier molecular flexibility index (Phi) is 4.22. The van der Waals surface area contributed by atoms with Gasteiger partial charge in [0.25, 0.3) is 11.8 Å². The number of imide groups is 1. The average Bonchev–Trinajstić information content (AvgIpc) is 3.19. The van der Waals surface area contributed by atoms with Crippen LogP contribution in [0.25, 0.3) is 5.69 Å². The first-order chi connectivity index (χ1) is 11.9. The van der Waals surface area contributed by atoms with Gasteiger partial charge in [-0.3, -0.25) is 14.9 Å².